The summed E-state index contributed by atoms with van der Waals surface area (Å²) in [6.07, 6.45) is 3.49. The number of carbonyl (C=O) groups is 1. The number of nitrogens with zero attached hydrogens (tertiary/aromatic N) is 1. The Morgan fingerprint density at radius 3 is 2.48 bits per heavy atom. The van der Waals surface area contributed by atoms with E-state index in [4.69, 9.17) is 9.47 Å². The van der Waals surface area contributed by atoms with Crippen molar-refractivity contribution >= 4 is 11.6 Å². The average molecular weight is 371 g/mol. The van der Waals surface area contributed by atoms with Gasteiger partial charge in [0.2, 0.25) is 0 Å². The molecule has 0 saturated heterocycles. The van der Waals surface area contributed by atoms with Crippen molar-refractivity contribution in [3.63, 3.8) is 0 Å². The molecule has 2 aromatic rings. The van der Waals surface area contributed by atoms with Gasteiger partial charge in [-0.2, -0.15) is 0 Å². The highest BCUT2D eigenvalue weighted by atomic mass is 16.5. The zero-order valence-electron chi connectivity index (χ0n) is 16.5. The fourth-order valence-electron chi connectivity index (χ4n) is 2.58. The van der Waals surface area contributed by atoms with Crippen LogP contribution < -0.4 is 20.1 Å². The van der Waals surface area contributed by atoms with Crippen LogP contribution in [0.25, 0.3) is 0 Å². The molecule has 146 valence electrons. The standard InChI is InChI=1S/C21H29N3O3/c1-15(2)9-11-22-17-6-7-18(24-14-17)21(25)23-12-10-16-5-8-19(26-3)20(13-16)27-4/h5-8,13-15,22H,9-12H2,1-4H3,(H,23,25). The molecule has 1 heterocycles. The second-order valence-corrected chi connectivity index (χ2v) is 6.74. The van der Waals surface area contributed by atoms with Crippen molar-refractivity contribution in [3.8, 4) is 11.5 Å². The third kappa shape index (κ3) is 6.47. The van der Waals surface area contributed by atoms with Crippen LogP contribution in [0.15, 0.2) is 36.5 Å². The topological polar surface area (TPSA) is 72.5 Å². The number of nitrogens with one attached hydrogen (secondary N) is 2. The zero-order chi connectivity index (χ0) is 19.6. The Hall–Kier alpha value is -2.76. The molecule has 0 radical (unpaired) electrons. The van der Waals surface area contributed by atoms with Crippen LogP contribution in [-0.2, 0) is 6.42 Å². The van der Waals surface area contributed by atoms with E-state index in [1.807, 2.05) is 24.3 Å². The monoisotopic (exact) mass is 371 g/mol. The van der Waals surface area contributed by atoms with Gasteiger partial charge in [0.25, 0.3) is 5.91 Å². The minimum absolute atomic E-state index is 0.177. The maximum Gasteiger partial charge on any atom is 0.269 e. The van der Waals surface area contributed by atoms with Crippen molar-refractivity contribution in [2.45, 2.75) is 26.7 Å². The van der Waals surface area contributed by atoms with E-state index < -0.39 is 0 Å². The summed E-state index contributed by atoms with van der Waals surface area (Å²) >= 11 is 0. The molecular formula is C21H29N3O3. The lowest BCUT2D eigenvalue weighted by Gasteiger charge is -2.10. The number of methoxy groups -OCH3 is 2. The molecule has 0 spiro atoms. The lowest BCUT2D eigenvalue weighted by atomic mass is 10.1. The second-order valence-electron chi connectivity index (χ2n) is 6.74. The van der Waals surface area contributed by atoms with Crippen LogP contribution in [0.5, 0.6) is 11.5 Å². The first-order valence-corrected chi connectivity index (χ1v) is 9.22. The first-order valence-electron chi connectivity index (χ1n) is 9.22. The Bertz CT molecular complexity index is 730. The molecule has 1 aromatic carbocycles. The van der Waals surface area contributed by atoms with E-state index in [-0.39, 0.29) is 5.91 Å². The molecule has 2 N–H and O–H groups in total. The van der Waals surface area contributed by atoms with Crippen molar-refractivity contribution < 1.29 is 14.3 Å². The Balaban J connectivity index is 1.81. The summed E-state index contributed by atoms with van der Waals surface area (Å²) in [5, 5.41) is 6.21. The fraction of sp³-hybridized carbons (Fsp3) is 0.429. The highest BCUT2D eigenvalue weighted by Gasteiger charge is 2.08. The van der Waals surface area contributed by atoms with Crippen molar-refractivity contribution in [1.29, 1.82) is 0 Å². The van der Waals surface area contributed by atoms with Crippen molar-refractivity contribution in [3.05, 3.63) is 47.8 Å². The molecule has 0 atom stereocenters. The fourth-order valence-corrected chi connectivity index (χ4v) is 2.58. The minimum atomic E-state index is -0.177. The first kappa shape index (κ1) is 20.6. The molecule has 0 saturated carbocycles. The summed E-state index contributed by atoms with van der Waals surface area (Å²) in [4.78, 5) is 16.5. The molecule has 27 heavy (non-hydrogen) atoms. The largest absolute Gasteiger partial charge is 0.493 e. The van der Waals surface area contributed by atoms with Gasteiger partial charge in [-0.15, -0.1) is 0 Å². The van der Waals surface area contributed by atoms with Crippen LogP contribution >= 0.6 is 0 Å². The summed E-state index contributed by atoms with van der Waals surface area (Å²) in [6.45, 7) is 5.80. The van der Waals surface area contributed by atoms with Crippen LogP contribution in [0, 0.1) is 5.92 Å². The van der Waals surface area contributed by atoms with E-state index in [9.17, 15) is 4.79 Å². The number of benzene rings is 1. The van der Waals surface area contributed by atoms with E-state index in [0.29, 0.717) is 36.1 Å². The molecule has 0 bridgehead atoms. The molecule has 0 fully saturated rings. The predicted octanol–water partition coefficient (Wildman–Crippen LogP) is 3.53. The van der Waals surface area contributed by atoms with Crippen LogP contribution in [0.2, 0.25) is 0 Å². The quantitative estimate of drug-likeness (QED) is 0.668. The lowest BCUT2D eigenvalue weighted by Crippen LogP contribution is -2.26. The van der Waals surface area contributed by atoms with Crippen LogP contribution in [-0.4, -0.2) is 38.2 Å². The van der Waals surface area contributed by atoms with E-state index >= 15 is 0 Å². The van der Waals surface area contributed by atoms with Gasteiger partial charge in [0.15, 0.2) is 11.5 Å². The molecule has 6 heteroatoms. The van der Waals surface area contributed by atoms with Crippen molar-refractivity contribution in [1.82, 2.24) is 10.3 Å². The van der Waals surface area contributed by atoms with Crippen molar-refractivity contribution in [2.24, 2.45) is 5.92 Å². The Morgan fingerprint density at radius 2 is 1.85 bits per heavy atom. The van der Waals surface area contributed by atoms with Gasteiger partial charge in [-0.05, 0) is 48.6 Å². The van der Waals surface area contributed by atoms with Crippen molar-refractivity contribution in [2.75, 3.05) is 32.6 Å². The summed E-state index contributed by atoms with van der Waals surface area (Å²) < 4.78 is 10.5. The van der Waals surface area contributed by atoms with E-state index in [2.05, 4.69) is 29.5 Å². The van der Waals surface area contributed by atoms with Gasteiger partial charge in [-0.25, -0.2) is 4.98 Å². The summed E-state index contributed by atoms with van der Waals surface area (Å²) in [6, 6.07) is 9.37. The zero-order valence-corrected chi connectivity index (χ0v) is 16.5. The van der Waals surface area contributed by atoms with E-state index in [0.717, 1.165) is 24.2 Å². The number of pyridine rings is 1. The number of carbonyl (C=O) groups excluding carboxylic acids is 1. The second kappa shape index (κ2) is 10.4. The molecule has 0 unspecified atom stereocenters. The van der Waals surface area contributed by atoms with Gasteiger partial charge >= 0.3 is 0 Å². The SMILES string of the molecule is COc1ccc(CCNC(=O)c2ccc(NCCC(C)C)cn2)cc1OC. The minimum Gasteiger partial charge on any atom is -0.493 e. The molecule has 6 nitrogen and oxygen atoms in total. The first-order chi connectivity index (χ1) is 13.0. The summed E-state index contributed by atoms with van der Waals surface area (Å²) in [7, 11) is 3.21. The highest BCUT2D eigenvalue weighted by molar-refractivity contribution is 5.92. The number of aromatic nitrogens is 1. The molecule has 2 rings (SSSR count). The Labute approximate surface area is 161 Å². The van der Waals surface area contributed by atoms with Crippen LogP contribution in [0.4, 0.5) is 5.69 Å². The molecular weight excluding hydrogens is 342 g/mol. The van der Waals surface area contributed by atoms with Gasteiger partial charge in [0.05, 0.1) is 26.1 Å². The number of amides is 1. The van der Waals surface area contributed by atoms with E-state index in [1.54, 1.807) is 26.5 Å². The normalized spacial score (nSPS) is 10.6. The maximum absolute atomic E-state index is 12.2. The Kier molecular flexibility index (Phi) is 7.92. The summed E-state index contributed by atoms with van der Waals surface area (Å²) in [5.41, 5.74) is 2.40. The van der Waals surface area contributed by atoms with Gasteiger partial charge in [0.1, 0.15) is 5.69 Å². The third-order valence-corrected chi connectivity index (χ3v) is 4.19. The predicted molar refractivity (Wildman–Crippen MR) is 108 cm³/mol. The van der Waals surface area contributed by atoms with Gasteiger partial charge in [-0.1, -0.05) is 19.9 Å². The number of hydrogen-bond acceptors (Lipinski definition) is 5. The van der Waals surface area contributed by atoms with Crippen LogP contribution in [0.3, 0.4) is 0 Å². The molecule has 0 aliphatic heterocycles. The average Bonchev–Trinajstić information content (AvgIpc) is 2.68. The number of anilines is 1. The maximum atomic E-state index is 12.2. The third-order valence-electron chi connectivity index (χ3n) is 4.19. The number of rotatable bonds is 10. The van der Waals surface area contributed by atoms with Gasteiger partial charge in [0, 0.05) is 13.1 Å². The lowest BCUT2D eigenvalue weighted by molar-refractivity contribution is 0.0949. The smallest absolute Gasteiger partial charge is 0.269 e. The molecule has 0 aliphatic carbocycles. The summed E-state index contributed by atoms with van der Waals surface area (Å²) in [5.74, 6) is 1.85. The molecule has 1 amide bonds. The number of ether oxygens (including phenoxy) is 2. The molecule has 1 aromatic heterocycles. The Morgan fingerprint density at radius 1 is 1.07 bits per heavy atom. The number of hydrogen-bond donors (Lipinski definition) is 2. The molecule has 0 aliphatic rings. The highest BCUT2D eigenvalue weighted by Crippen LogP contribution is 2.27. The van der Waals surface area contributed by atoms with Gasteiger partial charge < -0.3 is 20.1 Å². The van der Waals surface area contributed by atoms with Crippen LogP contribution in [0.1, 0.15) is 36.3 Å². The van der Waals surface area contributed by atoms with Gasteiger partial charge in [-0.3, -0.25) is 4.79 Å². The van der Waals surface area contributed by atoms with E-state index in [1.165, 1.54) is 0 Å².